The van der Waals surface area contributed by atoms with Gasteiger partial charge in [0, 0.05) is 25.7 Å². The third kappa shape index (κ3) is 77.4. The van der Waals surface area contributed by atoms with Crippen LogP contribution < -0.4 is 0 Å². The highest BCUT2D eigenvalue weighted by Crippen LogP contribution is 2.45. The molecule has 2 unspecified atom stereocenters. The maximum Gasteiger partial charge on any atom is 0.472 e. The lowest BCUT2D eigenvalue weighted by Crippen LogP contribution is -2.30. The fraction of sp³-hybridized carbons (Fsp3) is 0.701. The number of aliphatic hydroxyl groups is 1. The number of carbonyl (C=O) groups is 4. The van der Waals surface area contributed by atoms with Gasteiger partial charge in [-0.25, -0.2) is 9.13 Å². The number of phosphoric acid groups is 2. The quantitative estimate of drug-likeness (QED) is 0.0169. The van der Waals surface area contributed by atoms with Gasteiger partial charge in [-0.1, -0.05) is 290 Å². The summed E-state index contributed by atoms with van der Waals surface area (Å²) in [6.07, 6.45) is 88.7. The van der Waals surface area contributed by atoms with E-state index in [1.54, 1.807) is 0 Å². The van der Waals surface area contributed by atoms with E-state index < -0.39 is 97.5 Å². The van der Waals surface area contributed by atoms with E-state index in [9.17, 15) is 43.2 Å². The maximum absolute atomic E-state index is 13.1. The number of unbranched alkanes of at least 4 members (excludes halogenated alkanes) is 29. The number of phosphoric ester groups is 2. The molecule has 106 heavy (non-hydrogen) atoms. The van der Waals surface area contributed by atoms with E-state index in [1.165, 1.54) is 103 Å². The van der Waals surface area contributed by atoms with Gasteiger partial charge in [-0.05, 0) is 154 Å². The summed E-state index contributed by atoms with van der Waals surface area (Å²) in [4.78, 5) is 73.1. The second-order valence-electron chi connectivity index (χ2n) is 27.3. The van der Waals surface area contributed by atoms with Gasteiger partial charge in [0.15, 0.2) is 12.2 Å². The third-order valence-corrected chi connectivity index (χ3v) is 19.0. The van der Waals surface area contributed by atoms with Crippen molar-refractivity contribution in [1.29, 1.82) is 0 Å². The molecule has 0 spiro atoms. The van der Waals surface area contributed by atoms with Gasteiger partial charge in [-0.2, -0.15) is 0 Å². The van der Waals surface area contributed by atoms with Gasteiger partial charge < -0.3 is 33.8 Å². The minimum absolute atomic E-state index is 0.0134. The average Bonchev–Trinajstić information content (AvgIpc) is 0.906. The largest absolute Gasteiger partial charge is 0.472 e. The number of aliphatic hydroxyl groups excluding tert-OH is 1. The van der Waals surface area contributed by atoms with Crippen molar-refractivity contribution in [2.45, 2.75) is 354 Å². The normalized spacial score (nSPS) is 14.5. The van der Waals surface area contributed by atoms with Gasteiger partial charge in [-0.3, -0.25) is 37.3 Å². The average molecular weight is 1530 g/mol. The number of hydrogen-bond acceptors (Lipinski definition) is 15. The Bertz CT molecular complexity index is 2530. The van der Waals surface area contributed by atoms with E-state index in [-0.39, 0.29) is 25.7 Å². The van der Waals surface area contributed by atoms with Crippen LogP contribution in [0.25, 0.3) is 0 Å². The third-order valence-electron chi connectivity index (χ3n) is 17.1. The lowest BCUT2D eigenvalue weighted by atomic mass is 10.1. The Balaban J connectivity index is 5.50. The Morgan fingerprint density at radius 2 is 0.491 bits per heavy atom. The summed E-state index contributed by atoms with van der Waals surface area (Å²) in [5, 5.41) is 10.7. The molecule has 0 aliphatic carbocycles. The molecule has 0 aromatic heterocycles. The molecule has 17 nitrogen and oxygen atoms in total. The van der Waals surface area contributed by atoms with Crippen LogP contribution in [0.3, 0.4) is 0 Å². The fourth-order valence-corrected chi connectivity index (χ4v) is 12.3. The smallest absolute Gasteiger partial charge is 0.462 e. The van der Waals surface area contributed by atoms with Gasteiger partial charge in [0.05, 0.1) is 26.4 Å². The summed E-state index contributed by atoms with van der Waals surface area (Å²) in [5.41, 5.74) is 0. The van der Waals surface area contributed by atoms with Crippen molar-refractivity contribution < 1.29 is 80.2 Å². The molecule has 0 rings (SSSR count). The summed E-state index contributed by atoms with van der Waals surface area (Å²) in [5.74, 6) is -2.35. The zero-order valence-corrected chi connectivity index (χ0v) is 68.4. The van der Waals surface area contributed by atoms with Gasteiger partial charge in [-0.15, -0.1) is 0 Å². The minimum atomic E-state index is -5.01. The number of hydrogen-bond donors (Lipinski definition) is 3. The van der Waals surface area contributed by atoms with Gasteiger partial charge in [0.1, 0.15) is 19.3 Å². The van der Waals surface area contributed by atoms with E-state index in [4.69, 9.17) is 37.0 Å². The molecular weight excluding hydrogens is 1380 g/mol. The molecule has 608 valence electrons. The Labute approximate surface area is 644 Å². The van der Waals surface area contributed by atoms with Crippen LogP contribution in [0.5, 0.6) is 0 Å². The van der Waals surface area contributed by atoms with E-state index >= 15 is 0 Å². The summed E-state index contributed by atoms with van der Waals surface area (Å²) >= 11 is 0. The lowest BCUT2D eigenvalue weighted by Gasteiger charge is -2.21. The molecule has 5 atom stereocenters. The van der Waals surface area contributed by atoms with Crippen molar-refractivity contribution in [2.75, 3.05) is 39.6 Å². The van der Waals surface area contributed by atoms with Crippen molar-refractivity contribution in [3.63, 3.8) is 0 Å². The predicted molar refractivity (Wildman–Crippen MR) is 436 cm³/mol. The second-order valence-corrected chi connectivity index (χ2v) is 30.3. The fourth-order valence-electron chi connectivity index (χ4n) is 10.7. The molecule has 0 aliphatic heterocycles. The first-order valence-electron chi connectivity index (χ1n) is 41.4. The number of carbonyl (C=O) groups excluding carboxylic acids is 4. The van der Waals surface area contributed by atoms with Crippen LogP contribution in [0.1, 0.15) is 336 Å². The van der Waals surface area contributed by atoms with Crippen LogP contribution in [0.2, 0.25) is 0 Å². The molecule has 3 N–H and O–H groups in total. The molecule has 19 heteroatoms. The standard InChI is InChI=1S/C87H148O17P2/c1-5-9-13-17-21-25-29-33-37-39-40-42-46-50-54-58-62-66-70-74-87(92)104-83(78-98-85(90)72-68-64-60-56-52-48-44-36-32-28-24-20-16-12-8-4)80-102-106(95,96)100-76-81(88)75-99-105(93,94)101-79-82(77-97-84(89)71-67-63-59-55-51-47-43-35-31-27-23-19-15-11-7-3)103-86(91)73-69-65-61-57-53-49-45-41-38-34-30-26-22-18-14-10-6-2/h21-22,25-26,28,32-35,37-38,40,42-43,45,49-50,54,57,61-62,66,81-83,88H,5-20,23-24,27,29-31,36,39,41,44,46-48,51-53,55-56,58-60,63-65,67-80H2,1-4H3,(H,93,94)(H,95,96)/b25-21-,26-22-,32-28-,37-33-,38-34-,42-40-,43-35-,49-45-,54-50-,61-57-,66-62-/t81-,82-,83-/m1/s1. The number of allylic oxidation sites excluding steroid dienone is 22. The summed E-state index contributed by atoms with van der Waals surface area (Å²) in [6.45, 7) is 4.66. The van der Waals surface area contributed by atoms with Gasteiger partial charge in [0.25, 0.3) is 0 Å². The first kappa shape index (κ1) is 101. The van der Waals surface area contributed by atoms with Crippen LogP contribution in [0.4, 0.5) is 0 Å². The van der Waals surface area contributed by atoms with Gasteiger partial charge >= 0.3 is 39.5 Å². The predicted octanol–water partition coefficient (Wildman–Crippen LogP) is 24.4. The van der Waals surface area contributed by atoms with E-state index in [2.05, 4.69) is 131 Å². The lowest BCUT2D eigenvalue weighted by molar-refractivity contribution is -0.161. The van der Waals surface area contributed by atoms with Crippen molar-refractivity contribution in [3.05, 3.63) is 134 Å². The topological polar surface area (TPSA) is 237 Å². The SMILES string of the molecule is CCCCC/C=C\C/C=C\C/C=C\C/C=C\C/C=C\CCC(=O)O[C@H](COC(=O)CCCCCCCCC/C=C\CCCCCC)COP(=O)(O)OC[C@H](O)COP(=O)(O)OC[C@@H](COC(=O)CCCCCCC/C=C\CCCCCCCC)OC(=O)CCC/C=C\C/C=C\C/C=C\C/C=C\CCCCC. The molecule has 0 radical (unpaired) electrons. The van der Waals surface area contributed by atoms with E-state index in [1.807, 2.05) is 30.4 Å². The highest BCUT2D eigenvalue weighted by Gasteiger charge is 2.30. The Morgan fingerprint density at radius 1 is 0.264 bits per heavy atom. The molecule has 0 amide bonds. The summed E-state index contributed by atoms with van der Waals surface area (Å²) in [7, 11) is -10.0. The molecule has 0 aliphatic rings. The molecule has 0 fully saturated rings. The molecule has 0 aromatic carbocycles. The number of rotatable bonds is 77. The Hall–Kier alpha value is -4.80. The van der Waals surface area contributed by atoms with Crippen molar-refractivity contribution >= 4 is 39.5 Å². The first-order chi connectivity index (χ1) is 51.7. The zero-order valence-electron chi connectivity index (χ0n) is 66.6. The summed E-state index contributed by atoms with van der Waals surface area (Å²) in [6, 6.07) is 0. The van der Waals surface area contributed by atoms with Crippen molar-refractivity contribution in [1.82, 2.24) is 0 Å². The van der Waals surface area contributed by atoms with Crippen LogP contribution >= 0.6 is 15.6 Å². The molecule has 0 bridgehead atoms. The van der Waals surface area contributed by atoms with E-state index in [0.29, 0.717) is 38.5 Å². The Morgan fingerprint density at radius 3 is 0.830 bits per heavy atom. The van der Waals surface area contributed by atoms with Crippen LogP contribution in [-0.2, 0) is 65.4 Å². The van der Waals surface area contributed by atoms with Crippen molar-refractivity contribution in [2.24, 2.45) is 0 Å². The van der Waals surface area contributed by atoms with Crippen molar-refractivity contribution in [3.8, 4) is 0 Å². The molecule has 0 aromatic rings. The second kappa shape index (κ2) is 78.3. The van der Waals surface area contributed by atoms with Crippen LogP contribution in [0, 0.1) is 0 Å². The van der Waals surface area contributed by atoms with Gasteiger partial charge in [0.2, 0.25) is 0 Å². The Kier molecular flexibility index (Phi) is 74.8. The molecule has 0 heterocycles. The molecule has 0 saturated carbocycles. The summed E-state index contributed by atoms with van der Waals surface area (Å²) < 4.78 is 68.5. The highest BCUT2D eigenvalue weighted by atomic mass is 31.2. The van der Waals surface area contributed by atoms with Crippen LogP contribution in [0.15, 0.2) is 134 Å². The number of esters is 4. The molecular formula is C87H148O17P2. The monoisotopic (exact) mass is 1530 g/mol. The van der Waals surface area contributed by atoms with Crippen LogP contribution in [-0.4, -0.2) is 96.7 Å². The molecule has 0 saturated heterocycles. The first-order valence-corrected chi connectivity index (χ1v) is 44.4. The number of ether oxygens (including phenoxy) is 4. The minimum Gasteiger partial charge on any atom is -0.462 e. The highest BCUT2D eigenvalue weighted by molar-refractivity contribution is 7.47. The zero-order chi connectivity index (χ0) is 77.4. The van der Waals surface area contributed by atoms with E-state index in [0.717, 1.165) is 141 Å². The maximum atomic E-state index is 13.1.